The van der Waals surface area contributed by atoms with Crippen LogP contribution in [-0.4, -0.2) is 21.2 Å². The second kappa shape index (κ2) is 4.11. The number of hydrogen-bond donors (Lipinski definition) is 2. The van der Waals surface area contributed by atoms with Gasteiger partial charge in [0.1, 0.15) is 11.9 Å². The fourth-order valence-corrected chi connectivity index (χ4v) is 1.04. The molecule has 0 unspecified atom stereocenters. The summed E-state index contributed by atoms with van der Waals surface area (Å²) in [5.74, 6) is 0.497. The second-order valence-corrected chi connectivity index (χ2v) is 4.82. The summed E-state index contributed by atoms with van der Waals surface area (Å²) in [6, 6.07) is 5.46. The van der Waals surface area contributed by atoms with Gasteiger partial charge in [-0.15, -0.1) is 0 Å². The van der Waals surface area contributed by atoms with Gasteiger partial charge >= 0.3 is 0 Å². The number of hydrogen-bond acceptors (Lipinski definition) is 4. The third-order valence-corrected chi connectivity index (χ3v) is 2.89. The van der Waals surface area contributed by atoms with Gasteiger partial charge in [-0.25, -0.2) is 4.98 Å². The van der Waals surface area contributed by atoms with Crippen LogP contribution in [0.15, 0.2) is 18.3 Å². The average molecular weight is 219 g/mol. The highest BCUT2D eigenvalue weighted by Gasteiger charge is 2.35. The highest BCUT2D eigenvalue weighted by molar-refractivity contribution is 5.53. The van der Waals surface area contributed by atoms with E-state index in [-0.39, 0.29) is 0 Å². The van der Waals surface area contributed by atoms with Crippen molar-refractivity contribution < 1.29 is 5.11 Å². The second-order valence-electron chi connectivity index (χ2n) is 4.82. The standard InChI is InChI=1S/C12H17N3O/c1-11(2,12(3,4)16)15-10-9(8-13)6-5-7-14-10/h5-7,16H,1-4H3,(H,14,15). The minimum Gasteiger partial charge on any atom is -0.388 e. The number of rotatable bonds is 3. The van der Waals surface area contributed by atoms with Gasteiger partial charge in [0.2, 0.25) is 0 Å². The molecule has 2 N–H and O–H groups in total. The van der Waals surface area contributed by atoms with Gasteiger partial charge in [0.15, 0.2) is 0 Å². The summed E-state index contributed by atoms with van der Waals surface area (Å²) in [6.45, 7) is 7.16. The Morgan fingerprint density at radius 1 is 1.38 bits per heavy atom. The fraction of sp³-hybridized carbons (Fsp3) is 0.500. The number of nitrogens with one attached hydrogen (secondary N) is 1. The van der Waals surface area contributed by atoms with Crippen LogP contribution in [0.25, 0.3) is 0 Å². The minimum absolute atomic E-state index is 0.472. The van der Waals surface area contributed by atoms with Crippen LogP contribution in [0.4, 0.5) is 5.82 Å². The first-order valence-electron chi connectivity index (χ1n) is 5.13. The zero-order chi connectivity index (χ0) is 12.4. The van der Waals surface area contributed by atoms with Crippen LogP contribution in [0.5, 0.6) is 0 Å². The molecule has 4 heteroatoms. The van der Waals surface area contributed by atoms with Crippen molar-refractivity contribution in [2.45, 2.75) is 38.8 Å². The first-order chi connectivity index (χ1) is 7.28. The monoisotopic (exact) mass is 219 g/mol. The molecule has 0 spiro atoms. The maximum atomic E-state index is 10.00. The zero-order valence-electron chi connectivity index (χ0n) is 10.1. The van der Waals surface area contributed by atoms with Gasteiger partial charge in [-0.3, -0.25) is 0 Å². The van der Waals surface area contributed by atoms with Crippen molar-refractivity contribution >= 4 is 5.82 Å². The summed E-state index contributed by atoms with van der Waals surface area (Å²) in [5.41, 5.74) is -1.02. The molecule has 0 radical (unpaired) electrons. The Balaban J connectivity index is 3.02. The van der Waals surface area contributed by atoms with Crippen LogP contribution >= 0.6 is 0 Å². The summed E-state index contributed by atoms with van der Waals surface area (Å²) in [5, 5.41) is 22.0. The van der Waals surface area contributed by atoms with Gasteiger partial charge in [0.25, 0.3) is 0 Å². The Kier molecular flexibility index (Phi) is 3.20. The molecule has 0 aliphatic heterocycles. The molecule has 0 aromatic carbocycles. The molecule has 86 valence electrons. The van der Waals surface area contributed by atoms with Gasteiger partial charge in [-0.1, -0.05) is 0 Å². The molecule has 1 heterocycles. The highest BCUT2D eigenvalue weighted by atomic mass is 16.3. The molecule has 16 heavy (non-hydrogen) atoms. The van der Waals surface area contributed by atoms with E-state index < -0.39 is 11.1 Å². The Bertz CT molecular complexity index is 413. The third kappa shape index (κ3) is 2.50. The van der Waals surface area contributed by atoms with Crippen LogP contribution in [0.1, 0.15) is 33.3 Å². The van der Waals surface area contributed by atoms with Crippen molar-refractivity contribution in [3.8, 4) is 6.07 Å². The zero-order valence-corrected chi connectivity index (χ0v) is 10.1. The molecule has 0 saturated carbocycles. The van der Waals surface area contributed by atoms with E-state index in [2.05, 4.69) is 16.4 Å². The molecule has 0 bridgehead atoms. The van der Waals surface area contributed by atoms with E-state index in [1.165, 1.54) is 0 Å². The number of nitriles is 1. The maximum absolute atomic E-state index is 10.00. The quantitative estimate of drug-likeness (QED) is 0.814. The lowest BCUT2D eigenvalue weighted by Gasteiger charge is -2.38. The molecule has 0 aliphatic rings. The van der Waals surface area contributed by atoms with E-state index in [1.807, 2.05) is 13.8 Å². The lowest BCUT2D eigenvalue weighted by atomic mass is 9.86. The van der Waals surface area contributed by atoms with E-state index in [0.29, 0.717) is 11.4 Å². The van der Waals surface area contributed by atoms with E-state index in [9.17, 15) is 5.11 Å². The largest absolute Gasteiger partial charge is 0.388 e. The Labute approximate surface area is 95.9 Å². The summed E-state index contributed by atoms with van der Waals surface area (Å²) in [4.78, 5) is 4.10. The van der Waals surface area contributed by atoms with Gasteiger partial charge in [0, 0.05) is 6.20 Å². The number of aliphatic hydroxyl groups is 1. The number of aromatic nitrogens is 1. The Hall–Kier alpha value is -1.60. The van der Waals surface area contributed by atoms with Gasteiger partial charge < -0.3 is 10.4 Å². The molecule has 4 nitrogen and oxygen atoms in total. The van der Waals surface area contributed by atoms with Crippen molar-refractivity contribution in [2.75, 3.05) is 5.32 Å². The molecule has 1 aromatic heterocycles. The Morgan fingerprint density at radius 2 is 2.00 bits per heavy atom. The lowest BCUT2D eigenvalue weighted by Crippen LogP contribution is -2.51. The molecular weight excluding hydrogens is 202 g/mol. The molecule has 0 amide bonds. The first-order valence-corrected chi connectivity index (χ1v) is 5.13. The van der Waals surface area contributed by atoms with Gasteiger partial charge in [0.05, 0.1) is 16.7 Å². The molecule has 0 atom stereocenters. The summed E-state index contributed by atoms with van der Waals surface area (Å²) >= 11 is 0. The van der Waals surface area contributed by atoms with Crippen molar-refractivity contribution in [2.24, 2.45) is 0 Å². The third-order valence-electron chi connectivity index (χ3n) is 2.89. The predicted molar refractivity (Wildman–Crippen MR) is 63.0 cm³/mol. The van der Waals surface area contributed by atoms with E-state index in [0.717, 1.165) is 0 Å². The van der Waals surface area contributed by atoms with E-state index in [4.69, 9.17) is 5.26 Å². The first kappa shape index (κ1) is 12.5. The Morgan fingerprint density at radius 3 is 2.50 bits per heavy atom. The minimum atomic E-state index is -0.919. The maximum Gasteiger partial charge on any atom is 0.144 e. The number of anilines is 1. The number of pyridine rings is 1. The molecule has 0 fully saturated rings. The normalized spacial score (nSPS) is 12.0. The van der Waals surface area contributed by atoms with Crippen LogP contribution in [0, 0.1) is 11.3 Å². The van der Waals surface area contributed by atoms with E-state index >= 15 is 0 Å². The molecule has 0 saturated heterocycles. The van der Waals surface area contributed by atoms with E-state index in [1.54, 1.807) is 32.2 Å². The summed E-state index contributed by atoms with van der Waals surface area (Å²) in [7, 11) is 0. The van der Waals surface area contributed by atoms with Crippen LogP contribution in [0.2, 0.25) is 0 Å². The van der Waals surface area contributed by atoms with Gasteiger partial charge in [-0.2, -0.15) is 5.26 Å². The molecule has 1 aromatic rings. The van der Waals surface area contributed by atoms with Crippen LogP contribution < -0.4 is 5.32 Å². The van der Waals surface area contributed by atoms with Crippen LogP contribution in [0.3, 0.4) is 0 Å². The van der Waals surface area contributed by atoms with Gasteiger partial charge in [-0.05, 0) is 39.8 Å². The van der Waals surface area contributed by atoms with Crippen molar-refractivity contribution in [3.63, 3.8) is 0 Å². The smallest absolute Gasteiger partial charge is 0.144 e. The fourth-order valence-electron chi connectivity index (χ4n) is 1.04. The topological polar surface area (TPSA) is 68.9 Å². The number of nitrogens with zero attached hydrogens (tertiary/aromatic N) is 2. The molecule has 1 rings (SSSR count). The summed E-state index contributed by atoms with van der Waals surface area (Å²) < 4.78 is 0. The SMILES string of the molecule is CC(C)(O)C(C)(C)Nc1ncccc1C#N. The molecule has 0 aliphatic carbocycles. The van der Waals surface area contributed by atoms with Crippen molar-refractivity contribution in [3.05, 3.63) is 23.9 Å². The lowest BCUT2D eigenvalue weighted by molar-refractivity contribution is 0.0238. The predicted octanol–water partition coefficient (Wildman–Crippen LogP) is 1.91. The van der Waals surface area contributed by atoms with Crippen molar-refractivity contribution in [1.29, 1.82) is 5.26 Å². The van der Waals surface area contributed by atoms with Crippen molar-refractivity contribution in [1.82, 2.24) is 4.98 Å². The highest BCUT2D eigenvalue weighted by Crippen LogP contribution is 2.26. The average Bonchev–Trinajstić information content (AvgIpc) is 2.16. The summed E-state index contributed by atoms with van der Waals surface area (Å²) in [6.07, 6.45) is 1.61. The molecular formula is C12H17N3O. The van der Waals surface area contributed by atoms with Crippen LogP contribution in [-0.2, 0) is 0 Å².